The Hall–Kier alpha value is -1.11. The Morgan fingerprint density at radius 2 is 2.47 bits per heavy atom. The summed E-state index contributed by atoms with van der Waals surface area (Å²) >= 11 is 3.16. The summed E-state index contributed by atoms with van der Waals surface area (Å²) in [6.45, 7) is 2.32. The molecular weight excluding hydrogens is 254 g/mol. The third-order valence-electron chi connectivity index (χ3n) is 2.18. The summed E-state index contributed by atoms with van der Waals surface area (Å²) in [5.74, 6) is 0. The summed E-state index contributed by atoms with van der Waals surface area (Å²) in [5, 5.41) is 2.78. The van der Waals surface area contributed by atoms with Gasteiger partial charge in [-0.3, -0.25) is 4.79 Å². The van der Waals surface area contributed by atoms with E-state index in [-0.39, 0.29) is 10.8 Å². The van der Waals surface area contributed by atoms with Crippen molar-refractivity contribution in [3.05, 3.63) is 44.5 Å². The predicted octanol–water partition coefficient (Wildman–Crippen LogP) is 1.93. The van der Waals surface area contributed by atoms with Crippen molar-refractivity contribution in [1.29, 1.82) is 0 Å². The minimum absolute atomic E-state index is 0.123. The number of aromatic amines is 1. The zero-order valence-electron chi connectivity index (χ0n) is 9.34. The van der Waals surface area contributed by atoms with Crippen molar-refractivity contribution >= 4 is 23.1 Å². The average molecular weight is 267 g/mol. The van der Waals surface area contributed by atoms with Crippen LogP contribution in [0.4, 0.5) is 0 Å². The van der Waals surface area contributed by atoms with E-state index in [9.17, 15) is 4.79 Å². The maximum Gasteiger partial charge on any atom is 0.251 e. The molecule has 2 aromatic heterocycles. The lowest BCUT2D eigenvalue weighted by atomic mass is 10.3. The highest BCUT2D eigenvalue weighted by molar-refractivity contribution is 7.99. The second kappa shape index (κ2) is 5.48. The number of H-pyrrole nitrogens is 1. The second-order valence-corrected chi connectivity index (χ2v) is 5.72. The van der Waals surface area contributed by atoms with Crippen molar-refractivity contribution in [2.45, 2.75) is 17.3 Å². The zero-order chi connectivity index (χ0) is 12.3. The molecule has 17 heavy (non-hydrogen) atoms. The van der Waals surface area contributed by atoms with Gasteiger partial charge in [0.25, 0.3) is 5.56 Å². The molecule has 0 aliphatic carbocycles. The number of hydrogen-bond acceptors (Lipinski definition) is 5. The third kappa shape index (κ3) is 3.18. The van der Waals surface area contributed by atoms with Crippen LogP contribution in [0.2, 0.25) is 0 Å². The van der Waals surface area contributed by atoms with Gasteiger partial charge in [0, 0.05) is 23.2 Å². The van der Waals surface area contributed by atoms with Gasteiger partial charge < -0.3 is 10.7 Å². The summed E-state index contributed by atoms with van der Waals surface area (Å²) < 4.78 is 0. The first-order valence-electron chi connectivity index (χ1n) is 5.17. The first-order valence-corrected chi connectivity index (χ1v) is 6.93. The molecule has 4 nitrogen and oxygen atoms in total. The Balaban J connectivity index is 2.21. The number of nitrogens with zero attached hydrogens (tertiary/aromatic N) is 1. The molecule has 0 saturated heterocycles. The van der Waals surface area contributed by atoms with Crippen molar-refractivity contribution in [3.63, 3.8) is 0 Å². The van der Waals surface area contributed by atoms with Crippen LogP contribution in [0.5, 0.6) is 0 Å². The summed E-state index contributed by atoms with van der Waals surface area (Å²) in [4.78, 5) is 19.5. The van der Waals surface area contributed by atoms with E-state index in [0.717, 1.165) is 5.69 Å². The fourth-order valence-electron chi connectivity index (χ4n) is 1.44. The van der Waals surface area contributed by atoms with Gasteiger partial charge in [-0.2, -0.15) is 0 Å². The van der Waals surface area contributed by atoms with Gasteiger partial charge in [0.15, 0.2) is 5.16 Å². The van der Waals surface area contributed by atoms with E-state index < -0.39 is 0 Å². The lowest BCUT2D eigenvalue weighted by molar-refractivity contribution is 0.884. The van der Waals surface area contributed by atoms with Gasteiger partial charge in [0.05, 0.1) is 5.25 Å². The topological polar surface area (TPSA) is 71.8 Å². The van der Waals surface area contributed by atoms with Crippen LogP contribution < -0.4 is 11.3 Å². The Morgan fingerprint density at radius 3 is 3.06 bits per heavy atom. The number of rotatable bonds is 4. The summed E-state index contributed by atoms with van der Waals surface area (Å²) in [6.07, 6.45) is 0. The van der Waals surface area contributed by atoms with Crippen LogP contribution in [-0.2, 0) is 0 Å². The molecule has 1 unspecified atom stereocenters. The highest BCUT2D eigenvalue weighted by Gasteiger charge is 2.14. The van der Waals surface area contributed by atoms with Crippen molar-refractivity contribution < 1.29 is 0 Å². The molecule has 2 rings (SSSR count). The van der Waals surface area contributed by atoms with Crippen molar-refractivity contribution in [2.75, 3.05) is 6.54 Å². The molecule has 0 bridgehead atoms. The number of thioether (sulfide) groups is 1. The Kier molecular flexibility index (Phi) is 3.98. The molecule has 2 heterocycles. The zero-order valence-corrected chi connectivity index (χ0v) is 11.0. The van der Waals surface area contributed by atoms with E-state index in [1.54, 1.807) is 11.3 Å². The van der Waals surface area contributed by atoms with E-state index in [1.165, 1.54) is 22.7 Å². The first-order chi connectivity index (χ1) is 8.19. The monoisotopic (exact) mass is 267 g/mol. The van der Waals surface area contributed by atoms with Crippen LogP contribution in [0.15, 0.2) is 33.5 Å². The molecule has 2 aromatic rings. The van der Waals surface area contributed by atoms with Crippen molar-refractivity contribution in [2.24, 2.45) is 5.73 Å². The van der Waals surface area contributed by atoms with Gasteiger partial charge in [-0.25, -0.2) is 4.98 Å². The SMILES string of the molecule is Cc1cc(=O)[nH]c(SC(CN)c2cccs2)n1. The lowest BCUT2D eigenvalue weighted by Gasteiger charge is -2.11. The van der Waals surface area contributed by atoms with Crippen LogP contribution in [0, 0.1) is 6.92 Å². The van der Waals surface area contributed by atoms with E-state index in [4.69, 9.17) is 5.73 Å². The minimum Gasteiger partial charge on any atom is -0.329 e. The van der Waals surface area contributed by atoms with Gasteiger partial charge in [0.2, 0.25) is 0 Å². The van der Waals surface area contributed by atoms with E-state index >= 15 is 0 Å². The molecule has 0 saturated carbocycles. The molecule has 0 amide bonds. The first kappa shape index (κ1) is 12.3. The molecule has 0 aliphatic heterocycles. The third-order valence-corrected chi connectivity index (χ3v) is 4.46. The molecule has 6 heteroatoms. The van der Waals surface area contributed by atoms with Crippen LogP contribution in [-0.4, -0.2) is 16.5 Å². The van der Waals surface area contributed by atoms with Crippen LogP contribution in [0.3, 0.4) is 0 Å². The van der Waals surface area contributed by atoms with Gasteiger partial charge in [-0.1, -0.05) is 17.8 Å². The van der Waals surface area contributed by atoms with Crippen LogP contribution in [0.25, 0.3) is 0 Å². The maximum atomic E-state index is 11.3. The number of aryl methyl sites for hydroxylation is 1. The number of aromatic nitrogens is 2. The maximum absolute atomic E-state index is 11.3. The smallest absolute Gasteiger partial charge is 0.251 e. The van der Waals surface area contributed by atoms with Crippen LogP contribution in [0.1, 0.15) is 15.8 Å². The summed E-state index contributed by atoms with van der Waals surface area (Å²) in [5.41, 5.74) is 6.35. The fourth-order valence-corrected chi connectivity index (χ4v) is 3.39. The lowest BCUT2D eigenvalue weighted by Crippen LogP contribution is -2.12. The predicted molar refractivity (Wildman–Crippen MR) is 71.6 cm³/mol. The van der Waals surface area contributed by atoms with E-state index in [1.807, 2.05) is 24.4 Å². The number of nitrogens with one attached hydrogen (secondary N) is 1. The molecule has 0 aromatic carbocycles. The molecule has 90 valence electrons. The molecule has 0 fully saturated rings. The molecule has 0 spiro atoms. The van der Waals surface area contributed by atoms with Gasteiger partial charge in [0.1, 0.15) is 0 Å². The standard InChI is InChI=1S/C11H13N3OS2/c1-7-5-10(15)14-11(13-7)17-9(6-12)8-3-2-4-16-8/h2-5,9H,6,12H2,1H3,(H,13,14,15). The summed E-state index contributed by atoms with van der Waals surface area (Å²) in [6, 6.07) is 5.52. The minimum atomic E-state index is -0.123. The number of thiophene rings is 1. The average Bonchev–Trinajstić information content (AvgIpc) is 2.77. The Morgan fingerprint density at radius 1 is 1.65 bits per heavy atom. The Labute approximate surface area is 107 Å². The van der Waals surface area contributed by atoms with Crippen LogP contribution >= 0.6 is 23.1 Å². The van der Waals surface area contributed by atoms with Gasteiger partial charge in [-0.15, -0.1) is 11.3 Å². The van der Waals surface area contributed by atoms with E-state index in [2.05, 4.69) is 9.97 Å². The largest absolute Gasteiger partial charge is 0.329 e. The van der Waals surface area contributed by atoms with E-state index in [0.29, 0.717) is 11.7 Å². The van der Waals surface area contributed by atoms with Gasteiger partial charge >= 0.3 is 0 Å². The highest BCUT2D eigenvalue weighted by Crippen LogP contribution is 2.34. The molecule has 1 atom stereocenters. The molecule has 0 aliphatic rings. The fraction of sp³-hybridized carbons (Fsp3) is 0.273. The highest BCUT2D eigenvalue weighted by atomic mass is 32.2. The number of nitrogens with two attached hydrogens (primary N) is 1. The van der Waals surface area contributed by atoms with Crippen molar-refractivity contribution in [1.82, 2.24) is 9.97 Å². The molecule has 0 radical (unpaired) electrons. The second-order valence-electron chi connectivity index (χ2n) is 3.55. The van der Waals surface area contributed by atoms with Crippen molar-refractivity contribution in [3.8, 4) is 0 Å². The van der Waals surface area contributed by atoms with Gasteiger partial charge in [-0.05, 0) is 18.4 Å². The Bertz CT molecular complexity index is 536. The molecular formula is C11H13N3OS2. The normalized spacial score (nSPS) is 12.6. The quantitative estimate of drug-likeness (QED) is 0.656. The summed E-state index contributed by atoms with van der Waals surface area (Å²) in [7, 11) is 0. The number of hydrogen-bond donors (Lipinski definition) is 2. The molecule has 3 N–H and O–H groups in total.